The number of carbonyl (C=O) groups excluding carboxylic acids is 1. The summed E-state index contributed by atoms with van der Waals surface area (Å²) in [5.74, 6) is 1.12. The summed E-state index contributed by atoms with van der Waals surface area (Å²) in [6.45, 7) is 2.70. The molecule has 1 aliphatic carbocycles. The third kappa shape index (κ3) is 4.02. The largest absolute Gasteiger partial charge is 0.381 e. The van der Waals surface area contributed by atoms with Crippen molar-refractivity contribution in [2.45, 2.75) is 31.8 Å². The standard InChI is InChI=1S/C19H23N3O3/c23-19(22(16-6-7-16)12-14-8-9-24-13-14)20-11-17-10-18(21-25-17)15-4-2-1-3-5-15/h1-5,10,14,16H,6-9,11-13H2,(H,20,23)/t14-/m0/s1. The molecule has 6 heteroatoms. The van der Waals surface area contributed by atoms with Gasteiger partial charge in [0.25, 0.3) is 0 Å². The maximum absolute atomic E-state index is 12.6. The average molecular weight is 341 g/mol. The van der Waals surface area contributed by atoms with Crippen LogP contribution in [0.25, 0.3) is 11.3 Å². The minimum atomic E-state index is -0.0212. The molecule has 2 fully saturated rings. The van der Waals surface area contributed by atoms with Gasteiger partial charge in [0.05, 0.1) is 13.2 Å². The number of amides is 2. The zero-order valence-corrected chi connectivity index (χ0v) is 14.2. The molecule has 2 heterocycles. The molecule has 0 unspecified atom stereocenters. The van der Waals surface area contributed by atoms with Gasteiger partial charge in [-0.1, -0.05) is 35.5 Å². The van der Waals surface area contributed by atoms with Gasteiger partial charge in [0.2, 0.25) is 0 Å². The Labute approximate surface area is 147 Å². The Balaban J connectivity index is 1.33. The second-order valence-corrected chi connectivity index (χ2v) is 6.82. The molecule has 1 N–H and O–H groups in total. The smallest absolute Gasteiger partial charge is 0.318 e. The molecule has 0 spiro atoms. The molecular formula is C19H23N3O3. The van der Waals surface area contributed by atoms with Crippen LogP contribution in [-0.2, 0) is 11.3 Å². The van der Waals surface area contributed by atoms with Gasteiger partial charge in [0.1, 0.15) is 5.69 Å². The molecule has 1 aromatic carbocycles. The summed E-state index contributed by atoms with van der Waals surface area (Å²) in [4.78, 5) is 14.5. The normalized spacial score (nSPS) is 19.8. The van der Waals surface area contributed by atoms with E-state index in [1.807, 2.05) is 41.3 Å². The number of ether oxygens (including phenoxy) is 1. The number of nitrogens with zero attached hydrogens (tertiary/aromatic N) is 2. The van der Waals surface area contributed by atoms with E-state index < -0.39 is 0 Å². The minimum Gasteiger partial charge on any atom is -0.381 e. The van der Waals surface area contributed by atoms with Gasteiger partial charge in [0, 0.05) is 36.7 Å². The van der Waals surface area contributed by atoms with Crippen molar-refractivity contribution in [1.82, 2.24) is 15.4 Å². The molecular weight excluding hydrogens is 318 g/mol. The zero-order valence-electron chi connectivity index (χ0n) is 14.2. The highest BCUT2D eigenvalue weighted by Crippen LogP contribution is 2.29. The van der Waals surface area contributed by atoms with Crippen molar-refractivity contribution in [3.05, 3.63) is 42.2 Å². The predicted octanol–water partition coefficient (Wildman–Crippen LogP) is 3.05. The Morgan fingerprint density at radius 3 is 2.80 bits per heavy atom. The van der Waals surface area contributed by atoms with Crippen LogP contribution >= 0.6 is 0 Å². The molecule has 132 valence electrons. The molecule has 2 amide bonds. The van der Waals surface area contributed by atoms with Crippen molar-refractivity contribution >= 4 is 6.03 Å². The first-order valence-corrected chi connectivity index (χ1v) is 8.93. The fourth-order valence-electron chi connectivity index (χ4n) is 3.20. The third-order valence-electron chi connectivity index (χ3n) is 4.77. The summed E-state index contributed by atoms with van der Waals surface area (Å²) >= 11 is 0. The van der Waals surface area contributed by atoms with Gasteiger partial charge >= 0.3 is 6.03 Å². The summed E-state index contributed by atoms with van der Waals surface area (Å²) in [6.07, 6.45) is 3.24. The molecule has 1 aliphatic heterocycles. The Bertz CT molecular complexity index is 706. The van der Waals surface area contributed by atoms with Gasteiger partial charge in [-0.25, -0.2) is 4.79 Å². The Hall–Kier alpha value is -2.34. The molecule has 0 radical (unpaired) electrons. The predicted molar refractivity (Wildman–Crippen MR) is 92.8 cm³/mol. The minimum absolute atomic E-state index is 0.0212. The maximum atomic E-state index is 12.6. The lowest BCUT2D eigenvalue weighted by atomic mass is 10.1. The summed E-state index contributed by atoms with van der Waals surface area (Å²) in [5.41, 5.74) is 1.79. The van der Waals surface area contributed by atoms with Crippen LogP contribution in [0.4, 0.5) is 4.79 Å². The molecule has 2 aromatic rings. The van der Waals surface area contributed by atoms with Crippen LogP contribution < -0.4 is 5.32 Å². The first-order valence-electron chi connectivity index (χ1n) is 8.93. The molecule has 2 aliphatic rings. The fraction of sp³-hybridized carbons (Fsp3) is 0.474. The Kier molecular flexibility index (Phi) is 4.70. The van der Waals surface area contributed by atoms with E-state index in [-0.39, 0.29) is 6.03 Å². The summed E-state index contributed by atoms with van der Waals surface area (Å²) < 4.78 is 10.8. The number of aromatic nitrogens is 1. The van der Waals surface area contributed by atoms with Crippen LogP contribution in [0.2, 0.25) is 0 Å². The number of rotatable bonds is 6. The van der Waals surface area contributed by atoms with Gasteiger partial charge in [-0.15, -0.1) is 0 Å². The number of benzene rings is 1. The lowest BCUT2D eigenvalue weighted by molar-refractivity contribution is 0.161. The van der Waals surface area contributed by atoms with E-state index in [2.05, 4.69) is 10.5 Å². The van der Waals surface area contributed by atoms with Gasteiger partial charge < -0.3 is 19.5 Å². The lowest BCUT2D eigenvalue weighted by Crippen LogP contribution is -2.43. The second kappa shape index (κ2) is 7.27. The highest BCUT2D eigenvalue weighted by atomic mass is 16.5. The van der Waals surface area contributed by atoms with Crippen LogP contribution in [0, 0.1) is 5.92 Å². The van der Waals surface area contributed by atoms with Gasteiger partial charge in [-0.05, 0) is 19.3 Å². The first-order chi connectivity index (χ1) is 12.3. The number of hydrogen-bond acceptors (Lipinski definition) is 4. The van der Waals surface area contributed by atoms with E-state index in [9.17, 15) is 4.79 Å². The molecule has 6 nitrogen and oxygen atoms in total. The van der Waals surface area contributed by atoms with Crippen molar-refractivity contribution in [3.63, 3.8) is 0 Å². The van der Waals surface area contributed by atoms with Crippen molar-refractivity contribution in [2.24, 2.45) is 5.92 Å². The highest BCUT2D eigenvalue weighted by molar-refractivity contribution is 5.75. The summed E-state index contributed by atoms with van der Waals surface area (Å²) in [5, 5.41) is 7.05. The van der Waals surface area contributed by atoms with Crippen LogP contribution in [0.15, 0.2) is 40.9 Å². The Morgan fingerprint density at radius 1 is 1.24 bits per heavy atom. The van der Waals surface area contributed by atoms with E-state index in [1.54, 1.807) is 0 Å². The van der Waals surface area contributed by atoms with Crippen molar-refractivity contribution in [3.8, 4) is 11.3 Å². The van der Waals surface area contributed by atoms with E-state index in [1.165, 1.54) is 0 Å². The number of nitrogens with one attached hydrogen (secondary N) is 1. The monoisotopic (exact) mass is 341 g/mol. The Morgan fingerprint density at radius 2 is 2.08 bits per heavy atom. The van der Waals surface area contributed by atoms with E-state index >= 15 is 0 Å². The lowest BCUT2D eigenvalue weighted by Gasteiger charge is -2.25. The van der Waals surface area contributed by atoms with Gasteiger partial charge in [0.15, 0.2) is 5.76 Å². The summed E-state index contributed by atoms with van der Waals surface area (Å²) in [7, 11) is 0. The molecule has 1 atom stereocenters. The second-order valence-electron chi connectivity index (χ2n) is 6.82. The van der Waals surface area contributed by atoms with Crippen LogP contribution in [-0.4, -0.2) is 41.9 Å². The fourth-order valence-corrected chi connectivity index (χ4v) is 3.20. The van der Waals surface area contributed by atoms with E-state index in [0.29, 0.717) is 24.3 Å². The first kappa shape index (κ1) is 16.1. The molecule has 0 bridgehead atoms. The van der Waals surface area contributed by atoms with Gasteiger partial charge in [-0.2, -0.15) is 0 Å². The van der Waals surface area contributed by atoms with Crippen molar-refractivity contribution < 1.29 is 14.1 Å². The van der Waals surface area contributed by atoms with Crippen LogP contribution in [0.3, 0.4) is 0 Å². The highest BCUT2D eigenvalue weighted by Gasteiger charge is 2.34. The SMILES string of the molecule is O=C(NCc1cc(-c2ccccc2)no1)N(C[C@@H]1CCOC1)C1CC1. The molecule has 1 aromatic heterocycles. The van der Waals surface area contributed by atoms with Gasteiger partial charge in [-0.3, -0.25) is 0 Å². The molecule has 1 saturated heterocycles. The third-order valence-corrected chi connectivity index (χ3v) is 4.77. The number of hydrogen-bond donors (Lipinski definition) is 1. The summed E-state index contributed by atoms with van der Waals surface area (Å²) in [6, 6.07) is 12.1. The van der Waals surface area contributed by atoms with E-state index in [0.717, 1.165) is 50.3 Å². The quantitative estimate of drug-likeness (QED) is 0.877. The van der Waals surface area contributed by atoms with Crippen LogP contribution in [0.5, 0.6) is 0 Å². The van der Waals surface area contributed by atoms with Crippen LogP contribution in [0.1, 0.15) is 25.0 Å². The molecule has 1 saturated carbocycles. The molecule has 4 rings (SSSR count). The average Bonchev–Trinajstić information content (AvgIpc) is 3.16. The topological polar surface area (TPSA) is 67.6 Å². The van der Waals surface area contributed by atoms with Crippen molar-refractivity contribution in [2.75, 3.05) is 19.8 Å². The van der Waals surface area contributed by atoms with E-state index in [4.69, 9.17) is 9.26 Å². The molecule has 25 heavy (non-hydrogen) atoms. The maximum Gasteiger partial charge on any atom is 0.318 e. The zero-order chi connectivity index (χ0) is 17.1. The van der Waals surface area contributed by atoms with Crippen molar-refractivity contribution in [1.29, 1.82) is 0 Å². The number of carbonyl (C=O) groups is 1. The number of urea groups is 1.